The van der Waals surface area contributed by atoms with E-state index in [-0.39, 0.29) is 12.5 Å². The molecule has 0 spiro atoms. The third kappa shape index (κ3) is 4.42. The fraction of sp³-hybridized carbons (Fsp3) is 0.167. The van der Waals surface area contributed by atoms with E-state index in [1.165, 1.54) is 4.90 Å². The molecule has 0 unspecified atom stereocenters. The Morgan fingerprint density at radius 2 is 2.00 bits per heavy atom. The number of amides is 1. The number of likely N-dealkylation sites (N-methyl/N-ethyl adjacent to an activating group) is 1. The summed E-state index contributed by atoms with van der Waals surface area (Å²) in [5.41, 5.74) is 1.75. The fourth-order valence-corrected chi connectivity index (χ4v) is 1.84. The second-order valence-corrected chi connectivity index (χ2v) is 5.00. The van der Waals surface area contributed by atoms with Gasteiger partial charge in [0.05, 0.1) is 11.3 Å². The highest BCUT2D eigenvalue weighted by molar-refractivity contribution is 5.89. The van der Waals surface area contributed by atoms with Gasteiger partial charge in [0, 0.05) is 25.9 Å². The van der Waals surface area contributed by atoms with E-state index in [9.17, 15) is 10.1 Å². The SMILES string of the molecule is CN(C)C(=O)COc1ccccc1C=C(C#N)c1ccccn1. The highest BCUT2D eigenvalue weighted by Gasteiger charge is 2.09. The fourth-order valence-electron chi connectivity index (χ4n) is 1.84. The maximum absolute atomic E-state index is 11.7. The molecule has 23 heavy (non-hydrogen) atoms. The number of rotatable bonds is 5. The van der Waals surface area contributed by atoms with Crippen LogP contribution in [0.3, 0.4) is 0 Å². The molecule has 0 aliphatic heterocycles. The second kappa shape index (κ2) is 7.76. The molecule has 0 aliphatic carbocycles. The molecule has 116 valence electrons. The summed E-state index contributed by atoms with van der Waals surface area (Å²) >= 11 is 0. The maximum atomic E-state index is 11.7. The zero-order valence-electron chi connectivity index (χ0n) is 13.1. The van der Waals surface area contributed by atoms with Gasteiger partial charge in [-0.2, -0.15) is 5.26 Å². The van der Waals surface area contributed by atoms with E-state index in [1.807, 2.05) is 24.3 Å². The lowest BCUT2D eigenvalue weighted by Gasteiger charge is -2.13. The Morgan fingerprint density at radius 3 is 2.65 bits per heavy atom. The van der Waals surface area contributed by atoms with Crippen molar-refractivity contribution in [3.8, 4) is 11.8 Å². The minimum atomic E-state index is -0.131. The average Bonchev–Trinajstić information content (AvgIpc) is 2.59. The smallest absolute Gasteiger partial charge is 0.259 e. The highest BCUT2D eigenvalue weighted by Crippen LogP contribution is 2.23. The van der Waals surface area contributed by atoms with Crippen LogP contribution in [0.25, 0.3) is 11.6 Å². The Bertz CT molecular complexity index is 746. The minimum absolute atomic E-state index is 0.0523. The standard InChI is InChI=1S/C18H17N3O2/c1-21(2)18(22)13-23-17-9-4-3-7-14(17)11-15(12-19)16-8-5-6-10-20-16/h3-11H,13H2,1-2H3. The van der Waals surface area contributed by atoms with E-state index in [0.29, 0.717) is 17.0 Å². The Labute approximate surface area is 135 Å². The van der Waals surface area contributed by atoms with Crippen LogP contribution < -0.4 is 4.74 Å². The summed E-state index contributed by atoms with van der Waals surface area (Å²) in [6, 6.07) is 14.8. The number of allylic oxidation sites excluding steroid dienone is 1. The van der Waals surface area contributed by atoms with E-state index in [1.54, 1.807) is 44.6 Å². The third-order valence-electron chi connectivity index (χ3n) is 3.13. The van der Waals surface area contributed by atoms with Crippen molar-refractivity contribution in [2.24, 2.45) is 0 Å². The van der Waals surface area contributed by atoms with Crippen molar-refractivity contribution in [2.45, 2.75) is 0 Å². The zero-order chi connectivity index (χ0) is 16.7. The van der Waals surface area contributed by atoms with E-state index in [2.05, 4.69) is 11.1 Å². The van der Waals surface area contributed by atoms with Gasteiger partial charge in [-0.25, -0.2) is 0 Å². The number of carbonyl (C=O) groups excluding carboxylic acids is 1. The van der Waals surface area contributed by atoms with Crippen molar-refractivity contribution in [3.05, 3.63) is 59.9 Å². The third-order valence-corrected chi connectivity index (χ3v) is 3.13. The van der Waals surface area contributed by atoms with Crippen LogP contribution in [0.5, 0.6) is 5.75 Å². The summed E-state index contributed by atoms with van der Waals surface area (Å²) in [4.78, 5) is 17.3. The molecule has 1 aromatic carbocycles. The van der Waals surface area contributed by atoms with Crippen molar-refractivity contribution in [1.29, 1.82) is 5.26 Å². The Kier molecular flexibility index (Phi) is 5.48. The topological polar surface area (TPSA) is 66.2 Å². The number of carbonyl (C=O) groups is 1. The van der Waals surface area contributed by atoms with Gasteiger partial charge in [-0.15, -0.1) is 0 Å². The van der Waals surface area contributed by atoms with Gasteiger partial charge >= 0.3 is 0 Å². The molecule has 1 heterocycles. The first-order chi connectivity index (χ1) is 11.1. The summed E-state index contributed by atoms with van der Waals surface area (Å²) in [7, 11) is 3.35. The van der Waals surface area contributed by atoms with E-state index >= 15 is 0 Å². The van der Waals surface area contributed by atoms with Crippen molar-refractivity contribution >= 4 is 17.6 Å². The van der Waals surface area contributed by atoms with Gasteiger partial charge in [0.15, 0.2) is 6.61 Å². The normalized spacial score (nSPS) is 10.7. The quantitative estimate of drug-likeness (QED) is 0.796. The summed E-state index contributed by atoms with van der Waals surface area (Å²) in [5, 5.41) is 9.36. The monoisotopic (exact) mass is 307 g/mol. The molecule has 1 amide bonds. The number of para-hydroxylation sites is 1. The number of hydrogen-bond donors (Lipinski definition) is 0. The predicted octanol–water partition coefficient (Wildman–Crippen LogP) is 2.61. The molecule has 0 saturated carbocycles. The first-order valence-electron chi connectivity index (χ1n) is 7.07. The Hall–Kier alpha value is -3.13. The van der Waals surface area contributed by atoms with Gasteiger partial charge in [0.1, 0.15) is 11.8 Å². The van der Waals surface area contributed by atoms with Gasteiger partial charge in [0.2, 0.25) is 0 Å². The van der Waals surface area contributed by atoms with Crippen LogP contribution in [0.2, 0.25) is 0 Å². The molecule has 1 aromatic heterocycles. The molecule has 5 nitrogen and oxygen atoms in total. The summed E-state index contributed by atoms with van der Waals surface area (Å²) in [5.74, 6) is 0.417. The molecule has 0 bridgehead atoms. The Balaban J connectivity index is 2.28. The Morgan fingerprint density at radius 1 is 1.26 bits per heavy atom. The molecular formula is C18H17N3O2. The number of pyridine rings is 1. The van der Waals surface area contributed by atoms with E-state index in [0.717, 1.165) is 5.56 Å². The number of hydrogen-bond acceptors (Lipinski definition) is 4. The largest absolute Gasteiger partial charge is 0.483 e. The number of benzene rings is 1. The van der Waals surface area contributed by atoms with Gasteiger partial charge in [-0.1, -0.05) is 24.3 Å². The predicted molar refractivity (Wildman–Crippen MR) is 88.4 cm³/mol. The highest BCUT2D eigenvalue weighted by atomic mass is 16.5. The number of nitriles is 1. The van der Waals surface area contributed by atoms with Gasteiger partial charge in [0.25, 0.3) is 5.91 Å². The molecule has 0 aliphatic rings. The van der Waals surface area contributed by atoms with Crippen LogP contribution in [0.4, 0.5) is 0 Å². The average molecular weight is 307 g/mol. The van der Waals surface area contributed by atoms with Crippen LogP contribution in [0.15, 0.2) is 48.7 Å². The lowest BCUT2D eigenvalue weighted by atomic mass is 10.1. The molecule has 0 atom stereocenters. The van der Waals surface area contributed by atoms with Crippen molar-refractivity contribution in [1.82, 2.24) is 9.88 Å². The summed E-state index contributed by atoms with van der Waals surface area (Å²) in [6.45, 7) is -0.0523. The van der Waals surface area contributed by atoms with Crippen molar-refractivity contribution in [3.63, 3.8) is 0 Å². The molecular weight excluding hydrogens is 290 g/mol. The van der Waals surface area contributed by atoms with Crippen LogP contribution >= 0.6 is 0 Å². The number of nitrogens with zero attached hydrogens (tertiary/aromatic N) is 3. The lowest BCUT2D eigenvalue weighted by molar-refractivity contribution is -0.130. The molecule has 0 radical (unpaired) electrons. The molecule has 2 rings (SSSR count). The van der Waals surface area contributed by atoms with Crippen molar-refractivity contribution in [2.75, 3.05) is 20.7 Å². The van der Waals surface area contributed by atoms with E-state index < -0.39 is 0 Å². The van der Waals surface area contributed by atoms with Crippen LogP contribution in [-0.2, 0) is 4.79 Å². The maximum Gasteiger partial charge on any atom is 0.259 e. The minimum Gasteiger partial charge on any atom is -0.483 e. The van der Waals surface area contributed by atoms with Crippen LogP contribution in [-0.4, -0.2) is 36.5 Å². The van der Waals surface area contributed by atoms with Gasteiger partial charge in [-0.05, 0) is 24.3 Å². The zero-order valence-corrected chi connectivity index (χ0v) is 13.1. The lowest BCUT2D eigenvalue weighted by Crippen LogP contribution is -2.27. The molecule has 0 saturated heterocycles. The first-order valence-corrected chi connectivity index (χ1v) is 7.07. The van der Waals surface area contributed by atoms with Crippen LogP contribution in [0.1, 0.15) is 11.3 Å². The summed E-state index contributed by atoms with van der Waals surface area (Å²) in [6.07, 6.45) is 3.34. The van der Waals surface area contributed by atoms with Gasteiger partial charge in [-0.3, -0.25) is 9.78 Å². The second-order valence-electron chi connectivity index (χ2n) is 5.00. The van der Waals surface area contributed by atoms with Crippen LogP contribution in [0, 0.1) is 11.3 Å². The van der Waals surface area contributed by atoms with Gasteiger partial charge < -0.3 is 9.64 Å². The molecule has 5 heteroatoms. The number of aromatic nitrogens is 1. The molecule has 2 aromatic rings. The summed E-state index contributed by atoms with van der Waals surface area (Å²) < 4.78 is 5.58. The first kappa shape index (κ1) is 16.2. The van der Waals surface area contributed by atoms with Crippen molar-refractivity contribution < 1.29 is 9.53 Å². The molecule has 0 N–H and O–H groups in total. The van der Waals surface area contributed by atoms with E-state index in [4.69, 9.17) is 4.74 Å². The molecule has 0 fully saturated rings. The number of ether oxygens (including phenoxy) is 1.